The van der Waals surface area contributed by atoms with Crippen molar-refractivity contribution in [2.75, 3.05) is 7.11 Å². The van der Waals surface area contributed by atoms with Gasteiger partial charge in [-0.15, -0.1) is 0 Å². The second-order valence-electron chi connectivity index (χ2n) is 2.86. The summed E-state index contributed by atoms with van der Waals surface area (Å²) in [6.07, 6.45) is 1.26. The van der Waals surface area contributed by atoms with E-state index in [0.29, 0.717) is 5.56 Å². The Balaban J connectivity index is 3.22. The molecule has 3 nitrogen and oxygen atoms in total. The third kappa shape index (κ3) is 2.95. The lowest BCUT2D eigenvalue weighted by molar-refractivity contribution is -0.130. The largest absolute Gasteiger partial charge is 0.503 e. The summed E-state index contributed by atoms with van der Waals surface area (Å²) in [6.45, 7) is 0. The zero-order valence-electron chi connectivity index (χ0n) is 8.24. The van der Waals surface area contributed by atoms with Crippen LogP contribution >= 0.6 is 22.6 Å². The van der Waals surface area contributed by atoms with Crippen molar-refractivity contribution >= 4 is 34.1 Å². The molecule has 0 fully saturated rings. The van der Waals surface area contributed by atoms with Crippen molar-refractivity contribution in [3.63, 3.8) is 0 Å². The monoisotopic (exact) mass is 318 g/mol. The summed E-state index contributed by atoms with van der Waals surface area (Å²) in [7, 11) is 1.44. The molecular weight excluding hydrogens is 307 g/mol. The SMILES string of the molecule is COC=C(C(=O)O)c1ccccc1CI. The Bertz CT molecular complexity index is 385. The van der Waals surface area contributed by atoms with Crippen LogP contribution in [0.4, 0.5) is 0 Å². The summed E-state index contributed by atoms with van der Waals surface area (Å²) in [5.41, 5.74) is 1.88. The molecule has 0 saturated carbocycles. The molecule has 0 unspecified atom stereocenters. The van der Waals surface area contributed by atoms with Crippen LogP contribution in [-0.2, 0) is 14.0 Å². The van der Waals surface area contributed by atoms with Crippen LogP contribution in [0.2, 0.25) is 0 Å². The highest BCUT2D eigenvalue weighted by molar-refractivity contribution is 14.1. The first kappa shape index (κ1) is 12.0. The standard InChI is InChI=1S/C11H11IO3/c1-15-7-10(11(13)14)9-5-3-2-4-8(9)6-12/h2-5,7H,6H2,1H3,(H,13,14). The van der Waals surface area contributed by atoms with Crippen LogP contribution in [0.3, 0.4) is 0 Å². The zero-order chi connectivity index (χ0) is 11.3. The van der Waals surface area contributed by atoms with E-state index < -0.39 is 5.97 Å². The molecule has 4 heteroatoms. The number of methoxy groups -OCH3 is 1. The van der Waals surface area contributed by atoms with Crippen molar-refractivity contribution in [1.29, 1.82) is 0 Å². The molecule has 1 rings (SSSR count). The first-order chi connectivity index (χ1) is 7.20. The molecule has 0 aliphatic heterocycles. The minimum absolute atomic E-state index is 0.185. The van der Waals surface area contributed by atoms with E-state index in [2.05, 4.69) is 22.6 Å². The summed E-state index contributed by atoms with van der Waals surface area (Å²) >= 11 is 2.20. The molecule has 15 heavy (non-hydrogen) atoms. The number of benzene rings is 1. The summed E-state index contributed by atoms with van der Waals surface area (Å²) in [5.74, 6) is -0.978. The molecule has 1 aromatic carbocycles. The Morgan fingerprint density at radius 1 is 1.53 bits per heavy atom. The average molecular weight is 318 g/mol. The highest BCUT2D eigenvalue weighted by Crippen LogP contribution is 2.21. The molecule has 0 heterocycles. The van der Waals surface area contributed by atoms with Gasteiger partial charge in [0.25, 0.3) is 0 Å². The quantitative estimate of drug-likeness (QED) is 0.402. The molecule has 0 saturated heterocycles. The van der Waals surface area contributed by atoms with E-state index in [1.54, 1.807) is 6.07 Å². The van der Waals surface area contributed by atoms with Gasteiger partial charge in [-0.1, -0.05) is 46.9 Å². The number of alkyl halides is 1. The predicted octanol–water partition coefficient (Wildman–Crippen LogP) is 2.69. The summed E-state index contributed by atoms with van der Waals surface area (Å²) in [4.78, 5) is 11.0. The Morgan fingerprint density at radius 3 is 2.73 bits per heavy atom. The van der Waals surface area contributed by atoms with Gasteiger partial charge in [-0.3, -0.25) is 0 Å². The third-order valence-electron chi connectivity index (χ3n) is 1.92. The number of hydrogen-bond acceptors (Lipinski definition) is 2. The number of carbonyl (C=O) groups is 1. The second kappa shape index (κ2) is 5.75. The second-order valence-corrected chi connectivity index (χ2v) is 3.63. The van der Waals surface area contributed by atoms with Gasteiger partial charge in [0, 0.05) is 4.43 Å². The minimum Gasteiger partial charge on any atom is -0.503 e. The molecule has 0 atom stereocenters. The fourth-order valence-electron chi connectivity index (χ4n) is 1.25. The Labute approximate surface area is 102 Å². The van der Waals surface area contributed by atoms with Crippen LogP contribution < -0.4 is 0 Å². The summed E-state index contributed by atoms with van der Waals surface area (Å²) in [6, 6.07) is 7.41. The van der Waals surface area contributed by atoms with Crippen LogP contribution in [0.1, 0.15) is 11.1 Å². The van der Waals surface area contributed by atoms with E-state index in [0.717, 1.165) is 9.99 Å². The van der Waals surface area contributed by atoms with E-state index in [1.165, 1.54) is 13.4 Å². The molecule has 0 aliphatic carbocycles. The van der Waals surface area contributed by atoms with Gasteiger partial charge in [-0.05, 0) is 11.1 Å². The van der Waals surface area contributed by atoms with Gasteiger partial charge in [0.1, 0.15) is 5.57 Å². The van der Waals surface area contributed by atoms with Crippen LogP contribution in [0.5, 0.6) is 0 Å². The first-order valence-electron chi connectivity index (χ1n) is 4.31. The van der Waals surface area contributed by atoms with Crippen molar-refractivity contribution in [2.45, 2.75) is 4.43 Å². The summed E-state index contributed by atoms with van der Waals surface area (Å²) in [5, 5.41) is 9.03. The summed E-state index contributed by atoms with van der Waals surface area (Å²) < 4.78 is 5.54. The fourth-order valence-corrected chi connectivity index (χ4v) is 1.91. The highest BCUT2D eigenvalue weighted by Gasteiger charge is 2.13. The van der Waals surface area contributed by atoms with E-state index in [-0.39, 0.29) is 5.57 Å². The Morgan fingerprint density at radius 2 is 2.20 bits per heavy atom. The molecule has 0 spiro atoms. The molecular formula is C11H11IO3. The number of carboxylic acid groups (broad SMARTS) is 1. The van der Waals surface area contributed by atoms with Crippen LogP contribution in [-0.4, -0.2) is 18.2 Å². The van der Waals surface area contributed by atoms with Crippen molar-refractivity contribution in [3.05, 3.63) is 41.7 Å². The van der Waals surface area contributed by atoms with Gasteiger partial charge in [0.2, 0.25) is 0 Å². The molecule has 1 aromatic rings. The van der Waals surface area contributed by atoms with Gasteiger partial charge in [0.15, 0.2) is 0 Å². The maximum Gasteiger partial charge on any atom is 0.339 e. The number of rotatable bonds is 4. The lowest BCUT2D eigenvalue weighted by Crippen LogP contribution is -2.02. The molecule has 1 N–H and O–H groups in total. The van der Waals surface area contributed by atoms with Crippen molar-refractivity contribution in [1.82, 2.24) is 0 Å². The lowest BCUT2D eigenvalue weighted by Gasteiger charge is -2.07. The third-order valence-corrected chi connectivity index (χ3v) is 2.74. The van der Waals surface area contributed by atoms with E-state index in [9.17, 15) is 4.79 Å². The number of ether oxygens (including phenoxy) is 1. The number of aliphatic carboxylic acids is 1. The van der Waals surface area contributed by atoms with Crippen molar-refractivity contribution < 1.29 is 14.6 Å². The topological polar surface area (TPSA) is 46.5 Å². The number of carboxylic acids is 1. The fraction of sp³-hybridized carbons (Fsp3) is 0.182. The zero-order valence-corrected chi connectivity index (χ0v) is 10.4. The van der Waals surface area contributed by atoms with E-state index >= 15 is 0 Å². The van der Waals surface area contributed by atoms with Gasteiger partial charge >= 0.3 is 5.97 Å². The van der Waals surface area contributed by atoms with Crippen molar-refractivity contribution in [3.8, 4) is 0 Å². The van der Waals surface area contributed by atoms with Gasteiger partial charge in [-0.2, -0.15) is 0 Å². The molecule has 0 amide bonds. The van der Waals surface area contributed by atoms with E-state index in [1.807, 2.05) is 18.2 Å². The smallest absolute Gasteiger partial charge is 0.339 e. The highest BCUT2D eigenvalue weighted by atomic mass is 127. The van der Waals surface area contributed by atoms with Gasteiger partial charge in [-0.25, -0.2) is 4.79 Å². The molecule has 0 radical (unpaired) electrons. The minimum atomic E-state index is -0.978. The van der Waals surface area contributed by atoms with Crippen LogP contribution in [0.15, 0.2) is 30.5 Å². The maximum atomic E-state index is 11.0. The molecule has 0 bridgehead atoms. The normalized spacial score (nSPS) is 11.2. The van der Waals surface area contributed by atoms with Gasteiger partial charge < -0.3 is 9.84 Å². The first-order valence-corrected chi connectivity index (χ1v) is 5.83. The molecule has 0 aliphatic rings. The number of halogens is 1. The Hall–Kier alpha value is -1.04. The maximum absolute atomic E-state index is 11.0. The predicted molar refractivity (Wildman–Crippen MR) is 66.8 cm³/mol. The number of hydrogen-bond donors (Lipinski definition) is 1. The van der Waals surface area contributed by atoms with Crippen LogP contribution in [0.25, 0.3) is 5.57 Å². The van der Waals surface area contributed by atoms with Crippen molar-refractivity contribution in [2.24, 2.45) is 0 Å². The van der Waals surface area contributed by atoms with Crippen LogP contribution in [0, 0.1) is 0 Å². The Kier molecular flexibility index (Phi) is 4.61. The molecule has 0 aromatic heterocycles. The average Bonchev–Trinajstić information content (AvgIpc) is 2.25. The lowest BCUT2D eigenvalue weighted by atomic mass is 10.0. The molecule has 80 valence electrons. The van der Waals surface area contributed by atoms with Gasteiger partial charge in [0.05, 0.1) is 13.4 Å². The van der Waals surface area contributed by atoms with E-state index in [4.69, 9.17) is 9.84 Å².